The number of nitrogens with two attached hydrogens (primary N) is 2. The highest BCUT2D eigenvalue weighted by atomic mass is 16.5. The van der Waals surface area contributed by atoms with Crippen LogP contribution in [-0.2, 0) is 16.0 Å². The average molecular weight is 364 g/mol. The number of rotatable bonds is 8. The van der Waals surface area contributed by atoms with Crippen molar-refractivity contribution in [2.45, 2.75) is 52.4 Å². The fourth-order valence-electron chi connectivity index (χ4n) is 2.65. The van der Waals surface area contributed by atoms with Crippen molar-refractivity contribution in [1.82, 2.24) is 10.2 Å². The predicted molar refractivity (Wildman–Crippen MR) is 102 cm³/mol. The maximum atomic E-state index is 12.9. The van der Waals surface area contributed by atoms with Crippen molar-refractivity contribution in [3.05, 3.63) is 35.9 Å². The van der Waals surface area contributed by atoms with Gasteiger partial charge in [-0.05, 0) is 30.2 Å². The topological polar surface area (TPSA) is 111 Å². The molecule has 0 saturated carbocycles. The molecule has 7 heteroatoms. The van der Waals surface area contributed by atoms with Gasteiger partial charge in [-0.3, -0.25) is 16.3 Å². The molecular formula is C19H32N4O3. The molecule has 0 radical (unpaired) electrons. The molecule has 0 aliphatic rings. The number of methoxy groups -OCH3 is 1. The Labute approximate surface area is 156 Å². The summed E-state index contributed by atoms with van der Waals surface area (Å²) in [7, 11) is 1.26. The number of carbonyl (C=O) groups is 2. The molecule has 0 aromatic heterocycles. The molecule has 0 unspecified atom stereocenters. The van der Waals surface area contributed by atoms with E-state index < -0.39 is 23.8 Å². The number of hydrogen-bond acceptors (Lipinski definition) is 5. The molecule has 146 valence electrons. The van der Waals surface area contributed by atoms with Crippen molar-refractivity contribution in [2.75, 3.05) is 13.7 Å². The van der Waals surface area contributed by atoms with Crippen LogP contribution in [0.3, 0.4) is 0 Å². The number of carbonyl (C=O) groups excluding carboxylic acids is 2. The molecule has 0 aliphatic carbocycles. The van der Waals surface area contributed by atoms with Crippen molar-refractivity contribution in [2.24, 2.45) is 16.9 Å². The first-order valence-corrected chi connectivity index (χ1v) is 8.87. The minimum atomic E-state index is -0.927. The van der Waals surface area contributed by atoms with E-state index >= 15 is 0 Å². The molecule has 0 heterocycles. The molecule has 26 heavy (non-hydrogen) atoms. The average Bonchev–Trinajstić information content (AvgIpc) is 2.58. The number of hydrogen-bond donors (Lipinski definition) is 3. The van der Waals surface area contributed by atoms with Gasteiger partial charge in [-0.2, -0.15) is 0 Å². The van der Waals surface area contributed by atoms with Gasteiger partial charge in [0.05, 0.1) is 7.11 Å². The molecule has 1 rings (SSSR count). The maximum absolute atomic E-state index is 12.9. The van der Waals surface area contributed by atoms with E-state index in [1.165, 1.54) is 17.6 Å². The number of unbranched alkanes of at least 4 members (excludes halogenated alkanes) is 1. The molecule has 1 atom stereocenters. The number of alkyl carbamates (subject to hydrolysis) is 1. The molecule has 0 fully saturated rings. The van der Waals surface area contributed by atoms with Gasteiger partial charge in [-0.25, -0.2) is 4.79 Å². The number of amides is 2. The molecule has 5 N–H and O–H groups in total. The standard InChI is InChI=1S/C19H32N4O3/c1-19(2,3)15(22-18(25)26-4)16(24)23(17(20)21)13-9-8-12-14-10-6-5-7-11-14/h5-7,10-11,15,17H,8-9,12-13,20-21H2,1-4H3,(H,22,25)/t15-/m1/s1. The van der Waals surface area contributed by atoms with Crippen LogP contribution >= 0.6 is 0 Å². The molecule has 7 nitrogen and oxygen atoms in total. The Morgan fingerprint density at radius 3 is 2.27 bits per heavy atom. The summed E-state index contributed by atoms with van der Waals surface area (Å²) in [5.41, 5.74) is 12.4. The van der Waals surface area contributed by atoms with Gasteiger partial charge in [0.1, 0.15) is 12.3 Å². The van der Waals surface area contributed by atoms with Crippen LogP contribution in [0.15, 0.2) is 30.3 Å². The molecular weight excluding hydrogens is 332 g/mol. The van der Waals surface area contributed by atoms with E-state index in [0.29, 0.717) is 6.54 Å². The second kappa shape index (κ2) is 10.1. The van der Waals surface area contributed by atoms with Gasteiger partial charge in [0, 0.05) is 6.54 Å². The summed E-state index contributed by atoms with van der Waals surface area (Å²) in [6.45, 7) is 6.02. The molecule has 0 spiro atoms. The summed E-state index contributed by atoms with van der Waals surface area (Å²) < 4.78 is 4.63. The van der Waals surface area contributed by atoms with Crippen LogP contribution in [-0.4, -0.2) is 42.9 Å². The highest BCUT2D eigenvalue weighted by Crippen LogP contribution is 2.22. The fraction of sp³-hybridized carbons (Fsp3) is 0.579. The van der Waals surface area contributed by atoms with E-state index in [9.17, 15) is 9.59 Å². The quantitative estimate of drug-likeness (QED) is 0.481. The van der Waals surface area contributed by atoms with Gasteiger partial charge in [0.2, 0.25) is 5.91 Å². The van der Waals surface area contributed by atoms with E-state index in [1.807, 2.05) is 39.0 Å². The van der Waals surface area contributed by atoms with E-state index in [0.717, 1.165) is 19.3 Å². The summed E-state index contributed by atoms with van der Waals surface area (Å²) in [5, 5.41) is 2.59. The van der Waals surface area contributed by atoms with Crippen molar-refractivity contribution in [1.29, 1.82) is 0 Å². The van der Waals surface area contributed by atoms with Gasteiger partial charge < -0.3 is 15.0 Å². The van der Waals surface area contributed by atoms with Gasteiger partial charge >= 0.3 is 6.09 Å². The first-order chi connectivity index (χ1) is 12.2. The zero-order valence-electron chi connectivity index (χ0n) is 16.2. The van der Waals surface area contributed by atoms with Crippen molar-refractivity contribution in [3.63, 3.8) is 0 Å². The lowest BCUT2D eigenvalue weighted by atomic mass is 9.85. The van der Waals surface area contributed by atoms with Crippen molar-refractivity contribution >= 4 is 12.0 Å². The first kappa shape index (κ1) is 21.9. The number of nitrogens with zero attached hydrogens (tertiary/aromatic N) is 1. The Morgan fingerprint density at radius 1 is 1.15 bits per heavy atom. The highest BCUT2D eigenvalue weighted by molar-refractivity contribution is 5.86. The summed E-state index contributed by atoms with van der Waals surface area (Å²) in [6, 6.07) is 9.37. The molecule has 0 aliphatic heterocycles. The second-order valence-corrected chi connectivity index (χ2v) is 7.40. The Balaban J connectivity index is 2.70. The lowest BCUT2D eigenvalue weighted by Crippen LogP contribution is -2.61. The molecule has 0 bridgehead atoms. The van der Waals surface area contributed by atoms with Gasteiger partial charge in [0.15, 0.2) is 0 Å². The lowest BCUT2D eigenvalue weighted by molar-refractivity contribution is -0.138. The third-order valence-electron chi connectivity index (χ3n) is 4.16. The fourth-order valence-corrected chi connectivity index (χ4v) is 2.65. The summed E-state index contributed by atoms with van der Waals surface area (Å²) >= 11 is 0. The lowest BCUT2D eigenvalue weighted by Gasteiger charge is -2.36. The van der Waals surface area contributed by atoms with Crippen molar-refractivity contribution in [3.8, 4) is 0 Å². The normalized spacial score (nSPS) is 12.6. The van der Waals surface area contributed by atoms with E-state index in [2.05, 4.69) is 22.2 Å². The number of benzene rings is 1. The molecule has 1 aromatic rings. The zero-order chi connectivity index (χ0) is 19.7. The number of nitrogens with one attached hydrogen (secondary N) is 1. The summed E-state index contributed by atoms with van der Waals surface area (Å²) in [5.74, 6) is -0.308. The smallest absolute Gasteiger partial charge is 0.407 e. The van der Waals surface area contributed by atoms with Crippen LogP contribution in [0.1, 0.15) is 39.2 Å². The molecule has 1 aromatic carbocycles. The second-order valence-electron chi connectivity index (χ2n) is 7.40. The minimum Gasteiger partial charge on any atom is -0.453 e. The van der Waals surface area contributed by atoms with Crippen LogP contribution in [0.4, 0.5) is 4.79 Å². The molecule has 2 amide bonds. The van der Waals surface area contributed by atoms with Gasteiger partial charge in [0.25, 0.3) is 0 Å². The van der Waals surface area contributed by atoms with E-state index in [1.54, 1.807) is 0 Å². The van der Waals surface area contributed by atoms with Gasteiger partial charge in [-0.15, -0.1) is 0 Å². The largest absolute Gasteiger partial charge is 0.453 e. The highest BCUT2D eigenvalue weighted by Gasteiger charge is 2.36. The van der Waals surface area contributed by atoms with E-state index in [4.69, 9.17) is 11.5 Å². The maximum Gasteiger partial charge on any atom is 0.407 e. The van der Waals surface area contributed by atoms with Crippen LogP contribution in [0, 0.1) is 5.41 Å². The van der Waals surface area contributed by atoms with Crippen LogP contribution in [0.25, 0.3) is 0 Å². The van der Waals surface area contributed by atoms with E-state index in [-0.39, 0.29) is 5.91 Å². The Hall–Kier alpha value is -2.12. The SMILES string of the molecule is COC(=O)N[C@H](C(=O)N(CCCCc1ccccc1)C(N)N)C(C)(C)C. The number of aryl methyl sites for hydroxylation is 1. The van der Waals surface area contributed by atoms with Crippen molar-refractivity contribution < 1.29 is 14.3 Å². The van der Waals surface area contributed by atoms with Crippen LogP contribution < -0.4 is 16.8 Å². The Bertz CT molecular complexity index is 570. The number of ether oxygens (including phenoxy) is 1. The minimum absolute atomic E-state index is 0.308. The third-order valence-corrected chi connectivity index (χ3v) is 4.16. The first-order valence-electron chi connectivity index (χ1n) is 8.87. The zero-order valence-corrected chi connectivity index (χ0v) is 16.2. The summed E-state index contributed by atoms with van der Waals surface area (Å²) in [6.07, 6.45) is 1.01. The third kappa shape index (κ3) is 7.01. The van der Waals surface area contributed by atoms with Crippen LogP contribution in [0.2, 0.25) is 0 Å². The monoisotopic (exact) mass is 364 g/mol. The summed E-state index contributed by atoms with van der Waals surface area (Å²) in [4.78, 5) is 26.0. The Kier molecular flexibility index (Phi) is 8.54. The van der Waals surface area contributed by atoms with Crippen LogP contribution in [0.5, 0.6) is 0 Å². The molecule has 0 saturated heterocycles. The predicted octanol–water partition coefficient (Wildman–Crippen LogP) is 1.81. The Morgan fingerprint density at radius 2 is 1.77 bits per heavy atom. The van der Waals surface area contributed by atoms with Gasteiger partial charge in [-0.1, -0.05) is 51.1 Å².